The minimum atomic E-state index is -0.630. The van der Waals surface area contributed by atoms with Crippen LogP contribution in [0.3, 0.4) is 0 Å². The highest BCUT2D eigenvalue weighted by Crippen LogP contribution is 2.31. The summed E-state index contributed by atoms with van der Waals surface area (Å²) in [5, 5.41) is 9.58. The van der Waals surface area contributed by atoms with Crippen LogP contribution in [0.4, 0.5) is 0 Å². The lowest BCUT2D eigenvalue weighted by atomic mass is 10.0. The van der Waals surface area contributed by atoms with Gasteiger partial charge in [0.05, 0.1) is 24.8 Å². The molecular weight excluding hydrogens is 282 g/mol. The Morgan fingerprint density at radius 1 is 1.35 bits per heavy atom. The molecule has 0 aliphatic carbocycles. The molecule has 0 radical (unpaired) electrons. The monoisotopic (exact) mass is 297 g/mol. The number of amides is 1. The van der Waals surface area contributed by atoms with Crippen molar-refractivity contribution in [3.05, 3.63) is 28.8 Å². The molecule has 2 saturated heterocycles. The predicted molar refractivity (Wildman–Crippen MR) is 72.9 cm³/mol. The minimum Gasteiger partial charge on any atom is -0.506 e. The summed E-state index contributed by atoms with van der Waals surface area (Å²) in [6.45, 7) is 2.26. The molecule has 1 amide bonds. The van der Waals surface area contributed by atoms with Crippen LogP contribution >= 0.6 is 11.6 Å². The summed E-state index contributed by atoms with van der Waals surface area (Å²) in [7, 11) is 0. The van der Waals surface area contributed by atoms with Gasteiger partial charge >= 0.3 is 0 Å². The summed E-state index contributed by atoms with van der Waals surface area (Å²) in [5.74, 6) is -0.778. The maximum absolute atomic E-state index is 12.5. The molecule has 1 N–H and O–H groups in total. The SMILES string of the molecule is O=C(c1ccc(O)c(Cl)c1)N1CCCC2(C1)OCCO2. The molecule has 2 aliphatic heterocycles. The van der Waals surface area contributed by atoms with Crippen LogP contribution < -0.4 is 0 Å². The number of nitrogens with zero attached hydrogens (tertiary/aromatic N) is 1. The van der Waals surface area contributed by atoms with Crippen LogP contribution in [0.1, 0.15) is 23.2 Å². The zero-order chi connectivity index (χ0) is 14.2. The maximum Gasteiger partial charge on any atom is 0.254 e. The Bertz CT molecular complexity index is 528. The fourth-order valence-electron chi connectivity index (χ4n) is 2.72. The number of phenolic OH excluding ortho intramolecular Hbond substituents is 1. The number of ether oxygens (including phenoxy) is 2. The Labute approximate surface area is 122 Å². The van der Waals surface area contributed by atoms with Crippen molar-refractivity contribution in [2.24, 2.45) is 0 Å². The van der Waals surface area contributed by atoms with Gasteiger partial charge in [0.15, 0.2) is 5.79 Å². The normalized spacial score (nSPS) is 21.4. The molecule has 2 heterocycles. The van der Waals surface area contributed by atoms with E-state index >= 15 is 0 Å². The number of rotatable bonds is 1. The number of likely N-dealkylation sites (tertiary alicyclic amines) is 1. The van der Waals surface area contributed by atoms with E-state index in [4.69, 9.17) is 21.1 Å². The van der Waals surface area contributed by atoms with Crippen LogP contribution in [0, 0.1) is 0 Å². The first-order valence-electron chi connectivity index (χ1n) is 6.65. The lowest BCUT2D eigenvalue weighted by Crippen LogP contribution is -2.51. The zero-order valence-corrected chi connectivity index (χ0v) is 11.7. The highest BCUT2D eigenvalue weighted by atomic mass is 35.5. The number of phenols is 1. The Kier molecular flexibility index (Phi) is 3.58. The van der Waals surface area contributed by atoms with Crippen LogP contribution in [0.15, 0.2) is 18.2 Å². The molecule has 0 aromatic heterocycles. The molecule has 6 heteroatoms. The molecule has 0 saturated carbocycles. The smallest absolute Gasteiger partial charge is 0.254 e. The topological polar surface area (TPSA) is 59.0 Å². The van der Waals surface area contributed by atoms with Crippen LogP contribution in [0.25, 0.3) is 0 Å². The molecule has 0 unspecified atom stereocenters. The number of hydrogen-bond donors (Lipinski definition) is 1. The quantitative estimate of drug-likeness (QED) is 0.861. The van der Waals surface area contributed by atoms with E-state index in [0.29, 0.717) is 31.9 Å². The molecule has 0 bridgehead atoms. The Morgan fingerprint density at radius 2 is 2.10 bits per heavy atom. The van der Waals surface area contributed by atoms with Crippen molar-refractivity contribution in [3.8, 4) is 5.75 Å². The number of aromatic hydroxyl groups is 1. The standard InChI is InChI=1S/C14H16ClNO4/c15-11-8-10(2-3-12(11)17)13(18)16-5-1-4-14(9-16)19-6-7-20-14/h2-3,8,17H,1,4-7,9H2. The summed E-state index contributed by atoms with van der Waals surface area (Å²) in [5.41, 5.74) is 0.461. The highest BCUT2D eigenvalue weighted by Gasteiger charge is 2.42. The third-order valence-corrected chi connectivity index (χ3v) is 4.02. The number of benzene rings is 1. The molecule has 1 aromatic rings. The third kappa shape index (κ3) is 2.49. The molecule has 3 rings (SSSR count). The van der Waals surface area contributed by atoms with Crippen molar-refractivity contribution < 1.29 is 19.4 Å². The first kappa shape index (κ1) is 13.7. The first-order valence-corrected chi connectivity index (χ1v) is 7.03. The Hall–Kier alpha value is -1.30. The Balaban J connectivity index is 1.77. The van der Waals surface area contributed by atoms with E-state index in [0.717, 1.165) is 12.8 Å². The Morgan fingerprint density at radius 3 is 2.80 bits per heavy atom. The van der Waals surface area contributed by atoms with E-state index in [1.54, 1.807) is 11.0 Å². The number of carbonyl (C=O) groups is 1. The lowest BCUT2D eigenvalue weighted by Gasteiger charge is -2.38. The van der Waals surface area contributed by atoms with Crippen molar-refractivity contribution in [2.75, 3.05) is 26.3 Å². The van der Waals surface area contributed by atoms with Gasteiger partial charge in [-0.3, -0.25) is 4.79 Å². The van der Waals surface area contributed by atoms with Crippen LogP contribution in [0.5, 0.6) is 5.75 Å². The van der Waals surface area contributed by atoms with Gasteiger partial charge < -0.3 is 19.5 Å². The summed E-state index contributed by atoms with van der Waals surface area (Å²) >= 11 is 5.85. The van der Waals surface area contributed by atoms with Crippen LogP contribution in [-0.2, 0) is 9.47 Å². The van der Waals surface area contributed by atoms with Crippen LogP contribution in [0.2, 0.25) is 5.02 Å². The van der Waals surface area contributed by atoms with Gasteiger partial charge in [0.25, 0.3) is 5.91 Å². The van der Waals surface area contributed by atoms with E-state index < -0.39 is 5.79 Å². The van der Waals surface area contributed by atoms with Gasteiger partial charge in [-0.25, -0.2) is 0 Å². The van der Waals surface area contributed by atoms with Crippen molar-refractivity contribution in [1.82, 2.24) is 4.90 Å². The van der Waals surface area contributed by atoms with Gasteiger partial charge in [-0.2, -0.15) is 0 Å². The van der Waals surface area contributed by atoms with Gasteiger partial charge in [-0.05, 0) is 24.6 Å². The second kappa shape index (κ2) is 5.24. The predicted octanol–water partition coefficient (Wildman–Crippen LogP) is 2.02. The number of carbonyl (C=O) groups excluding carboxylic acids is 1. The highest BCUT2D eigenvalue weighted by molar-refractivity contribution is 6.32. The summed E-state index contributed by atoms with van der Waals surface area (Å²) in [6, 6.07) is 4.48. The number of halogens is 1. The molecule has 1 aromatic carbocycles. The zero-order valence-electron chi connectivity index (χ0n) is 11.0. The first-order chi connectivity index (χ1) is 9.60. The number of hydrogen-bond acceptors (Lipinski definition) is 4. The van der Waals surface area contributed by atoms with Gasteiger partial charge in [-0.1, -0.05) is 11.6 Å². The molecule has 2 aliphatic rings. The summed E-state index contributed by atoms with van der Waals surface area (Å²) in [6.07, 6.45) is 1.66. The van der Waals surface area contributed by atoms with Gasteiger partial charge in [0.2, 0.25) is 0 Å². The summed E-state index contributed by atoms with van der Waals surface area (Å²) < 4.78 is 11.3. The largest absolute Gasteiger partial charge is 0.506 e. The van der Waals surface area contributed by atoms with Gasteiger partial charge in [-0.15, -0.1) is 0 Å². The van der Waals surface area contributed by atoms with E-state index in [1.807, 2.05) is 0 Å². The molecule has 0 atom stereocenters. The average molecular weight is 298 g/mol. The maximum atomic E-state index is 12.5. The fraction of sp³-hybridized carbons (Fsp3) is 0.500. The van der Waals surface area contributed by atoms with Crippen molar-refractivity contribution in [1.29, 1.82) is 0 Å². The van der Waals surface area contributed by atoms with Gasteiger partial charge in [0, 0.05) is 18.5 Å². The average Bonchev–Trinajstić information content (AvgIpc) is 2.89. The lowest BCUT2D eigenvalue weighted by molar-refractivity contribution is -0.183. The van der Waals surface area contributed by atoms with Crippen LogP contribution in [-0.4, -0.2) is 48.0 Å². The third-order valence-electron chi connectivity index (χ3n) is 3.71. The van der Waals surface area contributed by atoms with E-state index in [2.05, 4.69) is 0 Å². The van der Waals surface area contributed by atoms with E-state index in [1.165, 1.54) is 12.1 Å². The molecular formula is C14H16ClNO4. The number of piperidine rings is 1. The van der Waals surface area contributed by atoms with E-state index in [-0.39, 0.29) is 16.7 Å². The van der Waals surface area contributed by atoms with Gasteiger partial charge in [0.1, 0.15) is 5.75 Å². The molecule has 2 fully saturated rings. The molecule has 1 spiro atoms. The van der Waals surface area contributed by atoms with E-state index in [9.17, 15) is 9.90 Å². The van der Waals surface area contributed by atoms with Crippen molar-refractivity contribution in [3.63, 3.8) is 0 Å². The minimum absolute atomic E-state index is 0.0270. The van der Waals surface area contributed by atoms with Crippen molar-refractivity contribution in [2.45, 2.75) is 18.6 Å². The summed E-state index contributed by atoms with van der Waals surface area (Å²) in [4.78, 5) is 14.2. The second-order valence-corrected chi connectivity index (χ2v) is 5.51. The molecule has 20 heavy (non-hydrogen) atoms. The molecule has 5 nitrogen and oxygen atoms in total. The van der Waals surface area contributed by atoms with Crippen molar-refractivity contribution >= 4 is 17.5 Å². The second-order valence-electron chi connectivity index (χ2n) is 5.10. The fourth-order valence-corrected chi connectivity index (χ4v) is 2.90. The molecule has 108 valence electrons.